The van der Waals surface area contributed by atoms with E-state index >= 15 is 0 Å². The van der Waals surface area contributed by atoms with Gasteiger partial charge in [-0.1, -0.05) is 11.6 Å². The Morgan fingerprint density at radius 1 is 1.44 bits per heavy atom. The summed E-state index contributed by atoms with van der Waals surface area (Å²) in [6, 6.07) is 5.02. The molecule has 2 rings (SSSR count). The summed E-state index contributed by atoms with van der Waals surface area (Å²) >= 11 is 9.17. The fourth-order valence-electron chi connectivity index (χ4n) is 1.90. The maximum Gasteiger partial charge on any atom is 0.236 e. The van der Waals surface area contributed by atoms with Gasteiger partial charge in [-0.2, -0.15) is 0 Å². The monoisotopic (exact) mass is 352 g/mol. The average molecular weight is 354 g/mol. The number of nitrogens with one attached hydrogen (secondary N) is 2. The molecule has 1 heterocycles. The van der Waals surface area contributed by atoms with Crippen LogP contribution in [0.1, 0.15) is 12.8 Å². The Balaban J connectivity index is 2.18. The van der Waals surface area contributed by atoms with Gasteiger partial charge in [0.25, 0.3) is 0 Å². The summed E-state index contributed by atoms with van der Waals surface area (Å²) < 4.78 is 27.7. The van der Waals surface area contributed by atoms with Gasteiger partial charge in [0, 0.05) is 16.0 Å². The third-order valence-electron chi connectivity index (χ3n) is 2.87. The van der Waals surface area contributed by atoms with Crippen molar-refractivity contribution in [3.63, 3.8) is 0 Å². The highest BCUT2D eigenvalue weighted by Gasteiger charge is 2.27. The highest BCUT2D eigenvalue weighted by molar-refractivity contribution is 9.10. The minimum absolute atomic E-state index is 0.392. The number of hydrogen-bond donors (Lipinski definition) is 2. The number of hydrogen-bond acceptors (Lipinski definition) is 3. The molecular weight excluding hydrogens is 340 g/mol. The number of sulfonamides is 1. The van der Waals surface area contributed by atoms with E-state index in [-0.39, 0.29) is 0 Å². The lowest BCUT2D eigenvalue weighted by atomic mass is 10.2. The first-order valence-corrected chi connectivity index (χ1v) is 8.38. The van der Waals surface area contributed by atoms with Crippen molar-refractivity contribution in [1.29, 1.82) is 0 Å². The van der Waals surface area contributed by atoms with Gasteiger partial charge in [0.15, 0.2) is 0 Å². The molecule has 0 aliphatic carbocycles. The van der Waals surface area contributed by atoms with Crippen LogP contribution < -0.4 is 10.0 Å². The lowest BCUT2D eigenvalue weighted by Crippen LogP contribution is -2.41. The Hall–Kier alpha value is -0.300. The minimum atomic E-state index is -3.38. The van der Waals surface area contributed by atoms with Gasteiger partial charge >= 0.3 is 0 Å². The zero-order valence-corrected chi connectivity index (χ0v) is 12.8. The topological polar surface area (TPSA) is 58.2 Å². The molecule has 4 nitrogen and oxygen atoms in total. The molecule has 1 aliphatic rings. The third-order valence-corrected chi connectivity index (χ3v) is 5.58. The molecule has 1 aromatic carbocycles. The number of halogens is 2. The van der Waals surface area contributed by atoms with E-state index in [9.17, 15) is 8.42 Å². The highest BCUT2D eigenvalue weighted by Crippen LogP contribution is 2.28. The molecule has 1 unspecified atom stereocenters. The molecular formula is C11H14BrClN2O2S. The van der Waals surface area contributed by atoms with Crippen LogP contribution >= 0.6 is 27.5 Å². The van der Waals surface area contributed by atoms with Gasteiger partial charge in [-0.25, -0.2) is 8.42 Å². The van der Waals surface area contributed by atoms with Crippen LogP contribution in [0.15, 0.2) is 22.7 Å². The van der Waals surface area contributed by atoms with Gasteiger partial charge in [-0.05, 0) is 53.5 Å². The molecule has 1 aliphatic heterocycles. The largest absolute Gasteiger partial charge is 0.315 e. The highest BCUT2D eigenvalue weighted by atomic mass is 79.9. The number of benzene rings is 1. The van der Waals surface area contributed by atoms with Crippen LogP contribution in [-0.2, 0) is 10.0 Å². The van der Waals surface area contributed by atoms with Crippen molar-refractivity contribution in [2.45, 2.75) is 18.1 Å². The Morgan fingerprint density at radius 3 is 2.89 bits per heavy atom. The number of rotatable bonds is 3. The van der Waals surface area contributed by atoms with Gasteiger partial charge in [0.05, 0.1) is 10.9 Å². The van der Waals surface area contributed by atoms with Crippen molar-refractivity contribution >= 4 is 43.2 Å². The van der Waals surface area contributed by atoms with Crippen molar-refractivity contribution in [3.8, 4) is 0 Å². The summed E-state index contributed by atoms with van der Waals surface area (Å²) in [4.78, 5) is 0. The van der Waals surface area contributed by atoms with Gasteiger partial charge in [0.2, 0.25) is 10.0 Å². The standard InChI is InChI=1S/C11H14BrClN2O2S/c12-10-4-3-8(13)6-11(10)15-18(16,17)9-2-1-5-14-7-9/h3-4,6,9,14-15H,1-2,5,7H2. The Bertz CT molecular complexity index is 530. The second-order valence-corrected chi connectivity index (χ2v) is 7.49. The van der Waals surface area contributed by atoms with E-state index in [2.05, 4.69) is 26.0 Å². The number of piperidine rings is 1. The van der Waals surface area contributed by atoms with E-state index in [1.165, 1.54) is 0 Å². The van der Waals surface area contributed by atoms with Gasteiger partial charge in [-0.3, -0.25) is 4.72 Å². The first-order chi connectivity index (χ1) is 8.49. The van der Waals surface area contributed by atoms with E-state index in [0.717, 1.165) is 13.0 Å². The second-order valence-electron chi connectivity index (χ2n) is 4.24. The molecule has 0 amide bonds. The maximum absolute atomic E-state index is 12.2. The smallest absolute Gasteiger partial charge is 0.236 e. The van der Waals surface area contributed by atoms with Crippen molar-refractivity contribution < 1.29 is 8.42 Å². The molecule has 0 radical (unpaired) electrons. The minimum Gasteiger partial charge on any atom is -0.315 e. The predicted octanol–water partition coefficient (Wildman–Crippen LogP) is 2.60. The van der Waals surface area contributed by atoms with Gasteiger partial charge in [0.1, 0.15) is 0 Å². The maximum atomic E-state index is 12.2. The molecule has 100 valence electrons. The van der Waals surface area contributed by atoms with Crippen molar-refractivity contribution in [2.75, 3.05) is 17.8 Å². The van der Waals surface area contributed by atoms with Crippen LogP contribution in [0.5, 0.6) is 0 Å². The van der Waals surface area contributed by atoms with Gasteiger partial charge < -0.3 is 5.32 Å². The molecule has 0 spiro atoms. The zero-order valence-electron chi connectivity index (χ0n) is 9.62. The fourth-order valence-corrected chi connectivity index (χ4v) is 4.00. The fraction of sp³-hybridized carbons (Fsp3) is 0.455. The normalized spacial score (nSPS) is 20.7. The summed E-state index contributed by atoms with van der Waals surface area (Å²) in [5.41, 5.74) is 0.480. The van der Waals surface area contributed by atoms with E-state index in [0.29, 0.717) is 28.1 Å². The molecule has 2 N–H and O–H groups in total. The summed E-state index contributed by atoms with van der Waals surface area (Å²) in [6.07, 6.45) is 1.56. The van der Waals surface area contributed by atoms with Crippen LogP contribution in [-0.4, -0.2) is 26.8 Å². The van der Waals surface area contributed by atoms with Gasteiger partial charge in [-0.15, -0.1) is 0 Å². The average Bonchev–Trinajstić information content (AvgIpc) is 2.35. The Morgan fingerprint density at radius 2 is 2.22 bits per heavy atom. The lowest BCUT2D eigenvalue weighted by molar-refractivity contribution is 0.499. The molecule has 1 saturated heterocycles. The van der Waals surface area contributed by atoms with Crippen LogP contribution in [0, 0.1) is 0 Å². The van der Waals surface area contributed by atoms with Crippen molar-refractivity contribution in [2.24, 2.45) is 0 Å². The zero-order chi connectivity index (χ0) is 13.2. The second kappa shape index (κ2) is 5.77. The van der Waals surface area contributed by atoms with E-state index < -0.39 is 15.3 Å². The summed E-state index contributed by atoms with van der Waals surface area (Å²) in [7, 11) is -3.38. The Kier molecular flexibility index (Phi) is 4.53. The summed E-state index contributed by atoms with van der Waals surface area (Å²) in [6.45, 7) is 1.38. The molecule has 0 bridgehead atoms. The number of anilines is 1. The van der Waals surface area contributed by atoms with Crippen LogP contribution in [0.4, 0.5) is 5.69 Å². The molecule has 7 heteroatoms. The first kappa shape index (κ1) is 14.1. The van der Waals surface area contributed by atoms with Crippen LogP contribution in [0.25, 0.3) is 0 Å². The van der Waals surface area contributed by atoms with E-state index in [1.807, 2.05) is 0 Å². The van der Waals surface area contributed by atoms with Crippen LogP contribution in [0.2, 0.25) is 5.02 Å². The van der Waals surface area contributed by atoms with Crippen molar-refractivity contribution in [3.05, 3.63) is 27.7 Å². The molecule has 1 atom stereocenters. The SMILES string of the molecule is O=S(=O)(Nc1cc(Cl)ccc1Br)C1CCCNC1. The van der Waals surface area contributed by atoms with Crippen molar-refractivity contribution in [1.82, 2.24) is 5.32 Å². The van der Waals surface area contributed by atoms with E-state index in [4.69, 9.17) is 11.6 Å². The summed E-state index contributed by atoms with van der Waals surface area (Å²) in [5, 5.41) is 3.20. The first-order valence-electron chi connectivity index (χ1n) is 5.66. The van der Waals surface area contributed by atoms with Crippen LogP contribution in [0.3, 0.4) is 0 Å². The third kappa shape index (κ3) is 3.38. The quantitative estimate of drug-likeness (QED) is 0.878. The summed E-state index contributed by atoms with van der Waals surface area (Å²) in [5.74, 6) is 0. The molecule has 0 saturated carbocycles. The van der Waals surface area contributed by atoms with E-state index in [1.54, 1.807) is 18.2 Å². The molecule has 0 aromatic heterocycles. The predicted molar refractivity (Wildman–Crippen MR) is 77.6 cm³/mol. The lowest BCUT2D eigenvalue weighted by Gasteiger charge is -2.23. The molecule has 1 fully saturated rings. The Labute approximate surface area is 120 Å². The molecule has 18 heavy (non-hydrogen) atoms. The molecule has 1 aromatic rings.